The molecule has 0 aliphatic rings. The number of aromatic nitrogens is 6. The third-order valence-corrected chi connectivity index (χ3v) is 3.61. The molecule has 4 heterocycles. The number of hydrogen-bond acceptors (Lipinski definition) is 8. The molecule has 10 nitrogen and oxygen atoms in total. The van der Waals surface area contributed by atoms with Crippen molar-refractivity contribution in [3.63, 3.8) is 0 Å². The molecular formula is C15H12N8O2. The quantitative estimate of drug-likeness (QED) is 0.307. The lowest BCUT2D eigenvalue weighted by atomic mass is 10.2. The standard InChI is InChI=1S/C15H12N8O2/c1-2-3-17-14-21-12-8(13(24)23-14)5-6-4-7-9(16)18-15(25)22-11(7)19-10(6)20-12/h2,4-5H,1,3H2,(H5,16,17,18,19,20,21,22,23,24,25). The van der Waals surface area contributed by atoms with Crippen LogP contribution in [0.2, 0.25) is 0 Å². The Morgan fingerprint density at radius 3 is 2.68 bits per heavy atom. The number of nitrogens with zero attached hydrogens (tertiary/aromatic N) is 4. The zero-order chi connectivity index (χ0) is 17.6. The second kappa shape index (κ2) is 5.37. The first-order valence-corrected chi connectivity index (χ1v) is 7.31. The molecule has 4 aromatic heterocycles. The molecule has 0 saturated heterocycles. The summed E-state index contributed by atoms with van der Waals surface area (Å²) in [5.41, 5.74) is 5.73. The lowest BCUT2D eigenvalue weighted by Gasteiger charge is -2.05. The minimum Gasteiger partial charge on any atom is -0.385 e. The monoisotopic (exact) mass is 336 g/mol. The van der Waals surface area contributed by atoms with Gasteiger partial charge in [0.2, 0.25) is 5.95 Å². The van der Waals surface area contributed by atoms with E-state index in [0.717, 1.165) is 0 Å². The van der Waals surface area contributed by atoms with Crippen LogP contribution in [0.4, 0.5) is 11.8 Å². The van der Waals surface area contributed by atoms with Crippen LogP contribution in [0.5, 0.6) is 0 Å². The van der Waals surface area contributed by atoms with E-state index in [1.165, 1.54) is 0 Å². The van der Waals surface area contributed by atoms with Crippen LogP contribution >= 0.6 is 0 Å². The van der Waals surface area contributed by atoms with Gasteiger partial charge < -0.3 is 11.1 Å². The fourth-order valence-electron chi connectivity index (χ4n) is 2.49. The van der Waals surface area contributed by atoms with E-state index < -0.39 is 11.2 Å². The van der Waals surface area contributed by atoms with Crippen molar-refractivity contribution < 1.29 is 0 Å². The van der Waals surface area contributed by atoms with E-state index in [-0.39, 0.29) is 22.8 Å². The molecule has 0 unspecified atom stereocenters. The topological polar surface area (TPSA) is 155 Å². The summed E-state index contributed by atoms with van der Waals surface area (Å²) in [7, 11) is 0. The summed E-state index contributed by atoms with van der Waals surface area (Å²) in [5, 5.41) is 4.22. The summed E-state index contributed by atoms with van der Waals surface area (Å²) in [6.45, 7) is 4.00. The molecule has 124 valence electrons. The molecule has 0 amide bonds. The minimum absolute atomic E-state index is 0.164. The van der Waals surface area contributed by atoms with E-state index in [2.05, 4.69) is 41.8 Å². The first-order valence-electron chi connectivity index (χ1n) is 7.31. The van der Waals surface area contributed by atoms with Gasteiger partial charge in [-0.3, -0.25) is 14.8 Å². The fraction of sp³-hybridized carbons (Fsp3) is 0.0667. The maximum atomic E-state index is 12.2. The normalized spacial score (nSPS) is 11.2. The van der Waals surface area contributed by atoms with Crippen molar-refractivity contribution in [1.29, 1.82) is 0 Å². The Bertz CT molecular complexity index is 1270. The lowest BCUT2D eigenvalue weighted by molar-refractivity contribution is 1.10. The number of nitrogens with one attached hydrogen (secondary N) is 3. The second-order valence-electron chi connectivity index (χ2n) is 5.31. The molecule has 0 aliphatic carbocycles. The molecule has 4 rings (SSSR count). The first kappa shape index (κ1) is 14.8. The van der Waals surface area contributed by atoms with Crippen LogP contribution < -0.4 is 22.3 Å². The Labute approximate surface area is 138 Å². The smallest absolute Gasteiger partial charge is 0.325 e. The van der Waals surface area contributed by atoms with Crippen LogP contribution in [0.1, 0.15) is 0 Å². The maximum Gasteiger partial charge on any atom is 0.325 e. The van der Waals surface area contributed by atoms with E-state index in [1.54, 1.807) is 18.2 Å². The Balaban J connectivity index is 2.03. The second-order valence-corrected chi connectivity index (χ2v) is 5.31. The highest BCUT2D eigenvalue weighted by atomic mass is 16.1. The summed E-state index contributed by atoms with van der Waals surface area (Å²) in [6.07, 6.45) is 1.62. The molecule has 0 saturated carbocycles. The van der Waals surface area contributed by atoms with E-state index in [4.69, 9.17) is 5.73 Å². The van der Waals surface area contributed by atoms with Crippen molar-refractivity contribution in [2.45, 2.75) is 0 Å². The van der Waals surface area contributed by atoms with Gasteiger partial charge in [-0.15, -0.1) is 6.58 Å². The summed E-state index contributed by atoms with van der Waals surface area (Å²) in [6, 6.07) is 3.30. The lowest BCUT2D eigenvalue weighted by Crippen LogP contribution is -2.15. The Morgan fingerprint density at radius 2 is 1.88 bits per heavy atom. The SMILES string of the molecule is C=CCNc1nc(=O)c2cc3cc4c(N)[nH]c(=O)[nH]c4nc3nc2n1. The molecule has 0 bridgehead atoms. The van der Waals surface area contributed by atoms with Gasteiger partial charge in [0, 0.05) is 11.9 Å². The van der Waals surface area contributed by atoms with Crippen LogP contribution in [-0.4, -0.2) is 36.4 Å². The Morgan fingerprint density at radius 1 is 1.08 bits per heavy atom. The molecular weight excluding hydrogens is 324 g/mol. The van der Waals surface area contributed by atoms with Gasteiger partial charge >= 0.3 is 5.69 Å². The van der Waals surface area contributed by atoms with Crippen LogP contribution in [0.3, 0.4) is 0 Å². The molecule has 0 fully saturated rings. The van der Waals surface area contributed by atoms with Crippen molar-refractivity contribution in [3.8, 4) is 0 Å². The van der Waals surface area contributed by atoms with Crippen molar-refractivity contribution in [3.05, 3.63) is 45.6 Å². The molecule has 0 radical (unpaired) electrons. The Kier molecular flexibility index (Phi) is 3.17. The zero-order valence-corrected chi connectivity index (χ0v) is 12.8. The van der Waals surface area contributed by atoms with Gasteiger partial charge in [-0.1, -0.05) is 6.08 Å². The minimum atomic E-state index is -0.474. The largest absolute Gasteiger partial charge is 0.385 e. The van der Waals surface area contributed by atoms with Crippen LogP contribution in [0.25, 0.3) is 33.1 Å². The molecule has 0 spiro atoms. The number of nitrogens with two attached hydrogens (primary N) is 1. The van der Waals surface area contributed by atoms with E-state index in [9.17, 15) is 9.59 Å². The summed E-state index contributed by atoms with van der Waals surface area (Å²) in [5.74, 6) is 0.341. The predicted octanol–water partition coefficient (Wildman–Crippen LogP) is 0.283. The number of fused-ring (bicyclic) bond motifs is 3. The molecule has 10 heteroatoms. The molecule has 4 aromatic rings. The number of pyridine rings is 2. The van der Waals surface area contributed by atoms with Gasteiger partial charge in [0.1, 0.15) is 11.5 Å². The van der Waals surface area contributed by atoms with Crippen molar-refractivity contribution in [2.24, 2.45) is 0 Å². The number of anilines is 2. The highest BCUT2D eigenvalue weighted by molar-refractivity contribution is 5.98. The summed E-state index contributed by atoms with van der Waals surface area (Å²) in [4.78, 5) is 45.5. The van der Waals surface area contributed by atoms with Crippen LogP contribution in [-0.2, 0) is 0 Å². The van der Waals surface area contributed by atoms with Gasteiger partial charge in [0.05, 0.1) is 10.8 Å². The van der Waals surface area contributed by atoms with Crippen molar-refractivity contribution in [2.75, 3.05) is 17.6 Å². The Hall–Kier alpha value is -3.82. The van der Waals surface area contributed by atoms with Crippen LogP contribution in [0.15, 0.2) is 34.4 Å². The molecule has 5 N–H and O–H groups in total. The number of nitrogen functional groups attached to an aromatic ring is 1. The molecule has 25 heavy (non-hydrogen) atoms. The van der Waals surface area contributed by atoms with Gasteiger partial charge in [-0.2, -0.15) is 9.97 Å². The van der Waals surface area contributed by atoms with E-state index >= 15 is 0 Å². The van der Waals surface area contributed by atoms with Gasteiger partial charge in [0.25, 0.3) is 5.56 Å². The molecule has 0 aromatic carbocycles. The fourth-order valence-corrected chi connectivity index (χ4v) is 2.49. The van der Waals surface area contributed by atoms with Gasteiger partial charge in [0.15, 0.2) is 11.3 Å². The predicted molar refractivity (Wildman–Crippen MR) is 94.5 cm³/mol. The van der Waals surface area contributed by atoms with Gasteiger partial charge in [-0.05, 0) is 12.1 Å². The molecule has 0 aliphatic heterocycles. The van der Waals surface area contributed by atoms with E-state index in [1.807, 2.05) is 0 Å². The third kappa shape index (κ3) is 2.45. The summed E-state index contributed by atoms with van der Waals surface area (Å²) >= 11 is 0. The zero-order valence-electron chi connectivity index (χ0n) is 12.8. The number of H-pyrrole nitrogens is 2. The number of aromatic amines is 2. The van der Waals surface area contributed by atoms with E-state index in [0.29, 0.717) is 28.6 Å². The maximum absolute atomic E-state index is 12.2. The van der Waals surface area contributed by atoms with Crippen LogP contribution in [0, 0.1) is 0 Å². The number of hydrogen-bond donors (Lipinski definition) is 4. The average molecular weight is 336 g/mol. The first-order chi connectivity index (χ1) is 12.0. The average Bonchev–Trinajstić information content (AvgIpc) is 2.57. The number of rotatable bonds is 3. The highest BCUT2D eigenvalue weighted by Crippen LogP contribution is 2.21. The highest BCUT2D eigenvalue weighted by Gasteiger charge is 2.11. The van der Waals surface area contributed by atoms with Gasteiger partial charge in [-0.25, -0.2) is 14.8 Å². The molecule has 0 atom stereocenters. The van der Waals surface area contributed by atoms with Crippen molar-refractivity contribution in [1.82, 2.24) is 29.9 Å². The summed E-state index contributed by atoms with van der Waals surface area (Å²) < 4.78 is 0. The third-order valence-electron chi connectivity index (χ3n) is 3.61. The van der Waals surface area contributed by atoms with Crippen molar-refractivity contribution >= 4 is 44.9 Å².